The molecule has 1 fully saturated rings. The Morgan fingerprint density at radius 2 is 2.11 bits per heavy atom. The molecule has 5 nitrogen and oxygen atoms in total. The van der Waals surface area contributed by atoms with Gasteiger partial charge in [0.15, 0.2) is 0 Å². The molecule has 0 bridgehead atoms. The third kappa shape index (κ3) is 3.31. The lowest BCUT2D eigenvalue weighted by atomic mass is 9.87. The van der Waals surface area contributed by atoms with E-state index in [2.05, 4.69) is 5.16 Å². The molecule has 0 spiro atoms. The number of hydrogen-bond acceptors (Lipinski definition) is 5. The SMILES string of the molecule is CCCC(=O)O/N=C1/CCC[C@@]1(C)C(=O)OCC. The van der Waals surface area contributed by atoms with E-state index in [0.29, 0.717) is 31.6 Å². The van der Waals surface area contributed by atoms with Gasteiger partial charge in [0.05, 0.1) is 12.3 Å². The van der Waals surface area contributed by atoms with Gasteiger partial charge in [0.25, 0.3) is 0 Å². The van der Waals surface area contributed by atoms with Crippen molar-refractivity contribution >= 4 is 17.7 Å². The molecule has 1 rings (SSSR count). The van der Waals surface area contributed by atoms with E-state index in [1.54, 1.807) is 13.8 Å². The normalized spacial score (nSPS) is 25.2. The number of oxime groups is 1. The zero-order valence-corrected chi connectivity index (χ0v) is 11.3. The van der Waals surface area contributed by atoms with E-state index in [0.717, 1.165) is 12.8 Å². The van der Waals surface area contributed by atoms with E-state index in [4.69, 9.17) is 9.57 Å². The molecule has 0 amide bonds. The Morgan fingerprint density at radius 1 is 1.39 bits per heavy atom. The summed E-state index contributed by atoms with van der Waals surface area (Å²) in [6.07, 6.45) is 3.29. The van der Waals surface area contributed by atoms with Crippen molar-refractivity contribution in [2.45, 2.75) is 52.9 Å². The molecule has 0 aromatic rings. The van der Waals surface area contributed by atoms with E-state index < -0.39 is 5.41 Å². The van der Waals surface area contributed by atoms with E-state index in [9.17, 15) is 9.59 Å². The first-order valence-corrected chi connectivity index (χ1v) is 6.49. The summed E-state index contributed by atoms with van der Waals surface area (Å²) in [6, 6.07) is 0. The Kier molecular flexibility index (Phi) is 5.31. The largest absolute Gasteiger partial charge is 0.465 e. The molecule has 0 saturated heterocycles. The van der Waals surface area contributed by atoms with Crippen LogP contribution in [0.25, 0.3) is 0 Å². The smallest absolute Gasteiger partial charge is 0.334 e. The first-order valence-electron chi connectivity index (χ1n) is 6.49. The highest BCUT2D eigenvalue weighted by molar-refractivity contribution is 6.07. The van der Waals surface area contributed by atoms with E-state index in [1.165, 1.54) is 0 Å². The molecule has 0 radical (unpaired) electrons. The summed E-state index contributed by atoms with van der Waals surface area (Å²) in [5.74, 6) is -0.643. The predicted molar refractivity (Wildman–Crippen MR) is 67.0 cm³/mol. The van der Waals surface area contributed by atoms with Gasteiger partial charge in [-0.3, -0.25) is 4.79 Å². The van der Waals surface area contributed by atoms with Crippen molar-refractivity contribution < 1.29 is 19.2 Å². The molecule has 5 heteroatoms. The number of nitrogens with zero attached hydrogens (tertiary/aromatic N) is 1. The van der Waals surface area contributed by atoms with Crippen LogP contribution in [0.15, 0.2) is 5.16 Å². The molecule has 102 valence electrons. The summed E-state index contributed by atoms with van der Waals surface area (Å²) in [5, 5.41) is 3.86. The second kappa shape index (κ2) is 6.52. The van der Waals surface area contributed by atoms with Crippen molar-refractivity contribution in [3.63, 3.8) is 0 Å². The van der Waals surface area contributed by atoms with Gasteiger partial charge in [-0.25, -0.2) is 4.79 Å². The summed E-state index contributed by atoms with van der Waals surface area (Å²) >= 11 is 0. The maximum absolute atomic E-state index is 11.9. The summed E-state index contributed by atoms with van der Waals surface area (Å²) < 4.78 is 5.05. The minimum Gasteiger partial charge on any atom is -0.465 e. The second-order valence-corrected chi connectivity index (χ2v) is 4.66. The number of rotatable bonds is 5. The molecule has 1 aliphatic carbocycles. The Bertz CT molecular complexity index is 351. The summed E-state index contributed by atoms with van der Waals surface area (Å²) in [6.45, 7) is 5.81. The number of hydrogen-bond donors (Lipinski definition) is 0. The van der Waals surface area contributed by atoms with Crippen LogP contribution in [-0.2, 0) is 19.2 Å². The van der Waals surface area contributed by atoms with Crippen LogP contribution in [-0.4, -0.2) is 24.3 Å². The van der Waals surface area contributed by atoms with Crippen LogP contribution in [0.5, 0.6) is 0 Å². The first-order chi connectivity index (χ1) is 8.54. The van der Waals surface area contributed by atoms with E-state index in [1.807, 2.05) is 6.92 Å². The van der Waals surface area contributed by atoms with Crippen molar-refractivity contribution in [1.82, 2.24) is 0 Å². The number of carbonyl (C=O) groups is 2. The van der Waals surface area contributed by atoms with Gasteiger partial charge in [-0.05, 0) is 39.5 Å². The molecule has 0 N–H and O–H groups in total. The summed E-state index contributed by atoms with van der Waals surface area (Å²) in [4.78, 5) is 28.0. The van der Waals surface area contributed by atoms with Crippen LogP contribution < -0.4 is 0 Å². The topological polar surface area (TPSA) is 65.0 Å². The van der Waals surface area contributed by atoms with Gasteiger partial charge in [-0.2, -0.15) is 0 Å². The van der Waals surface area contributed by atoms with Crippen LogP contribution in [0.1, 0.15) is 52.9 Å². The summed E-state index contributed by atoms with van der Waals surface area (Å²) in [7, 11) is 0. The number of carbonyl (C=O) groups excluding carboxylic acids is 2. The molecule has 1 atom stereocenters. The van der Waals surface area contributed by atoms with Crippen LogP contribution >= 0.6 is 0 Å². The molecular weight excluding hydrogens is 234 g/mol. The summed E-state index contributed by atoms with van der Waals surface area (Å²) in [5.41, 5.74) is -0.118. The van der Waals surface area contributed by atoms with E-state index in [-0.39, 0.29) is 11.9 Å². The number of esters is 1. The molecule has 0 unspecified atom stereocenters. The Labute approximate surface area is 108 Å². The maximum Gasteiger partial charge on any atom is 0.334 e. The molecule has 0 aromatic carbocycles. The van der Waals surface area contributed by atoms with Crippen molar-refractivity contribution in [3.05, 3.63) is 0 Å². The van der Waals surface area contributed by atoms with E-state index >= 15 is 0 Å². The zero-order valence-electron chi connectivity index (χ0n) is 11.3. The van der Waals surface area contributed by atoms with Crippen molar-refractivity contribution in [3.8, 4) is 0 Å². The average molecular weight is 255 g/mol. The lowest BCUT2D eigenvalue weighted by Gasteiger charge is -2.21. The van der Waals surface area contributed by atoms with Gasteiger partial charge in [0, 0.05) is 6.42 Å². The highest BCUT2D eigenvalue weighted by Gasteiger charge is 2.44. The Morgan fingerprint density at radius 3 is 2.72 bits per heavy atom. The minimum atomic E-state index is -0.734. The first kappa shape index (κ1) is 14.7. The lowest BCUT2D eigenvalue weighted by Crippen LogP contribution is -2.34. The highest BCUT2D eigenvalue weighted by Crippen LogP contribution is 2.36. The standard InChI is InChI=1S/C13H21NO4/c1-4-7-11(15)18-14-10-8-6-9-13(10,3)12(16)17-5-2/h4-9H2,1-3H3/b14-10-/t13-/m1/s1. The fraction of sp³-hybridized carbons (Fsp3) is 0.769. The molecule has 1 saturated carbocycles. The van der Waals surface area contributed by atoms with Gasteiger partial charge in [-0.1, -0.05) is 12.1 Å². The van der Waals surface area contributed by atoms with Gasteiger partial charge in [0.2, 0.25) is 0 Å². The Hall–Kier alpha value is -1.39. The van der Waals surface area contributed by atoms with Crippen LogP contribution in [0, 0.1) is 5.41 Å². The minimum absolute atomic E-state index is 0.284. The van der Waals surface area contributed by atoms with Crippen molar-refractivity contribution in [2.75, 3.05) is 6.61 Å². The molecule has 0 heterocycles. The van der Waals surface area contributed by atoms with Gasteiger partial charge >= 0.3 is 11.9 Å². The molecule has 1 aliphatic rings. The van der Waals surface area contributed by atoms with Crippen LogP contribution in [0.3, 0.4) is 0 Å². The Balaban J connectivity index is 2.71. The maximum atomic E-state index is 11.9. The molecule has 0 aromatic heterocycles. The molecule has 0 aliphatic heterocycles. The van der Waals surface area contributed by atoms with Crippen LogP contribution in [0.4, 0.5) is 0 Å². The lowest BCUT2D eigenvalue weighted by molar-refractivity contribution is -0.151. The second-order valence-electron chi connectivity index (χ2n) is 4.66. The van der Waals surface area contributed by atoms with Gasteiger partial charge < -0.3 is 9.57 Å². The third-order valence-corrected chi connectivity index (χ3v) is 3.17. The average Bonchev–Trinajstić information content (AvgIpc) is 2.70. The fourth-order valence-electron chi connectivity index (χ4n) is 2.04. The van der Waals surface area contributed by atoms with Crippen molar-refractivity contribution in [1.29, 1.82) is 0 Å². The van der Waals surface area contributed by atoms with Crippen molar-refractivity contribution in [2.24, 2.45) is 10.6 Å². The molecule has 18 heavy (non-hydrogen) atoms. The third-order valence-electron chi connectivity index (χ3n) is 3.17. The van der Waals surface area contributed by atoms with Crippen LogP contribution in [0.2, 0.25) is 0 Å². The molecular formula is C13H21NO4. The fourth-order valence-corrected chi connectivity index (χ4v) is 2.04. The monoisotopic (exact) mass is 255 g/mol. The predicted octanol–water partition coefficient (Wildman–Crippen LogP) is 2.44. The number of ether oxygens (including phenoxy) is 1. The zero-order chi connectivity index (χ0) is 13.6. The van der Waals surface area contributed by atoms with Gasteiger partial charge in [-0.15, -0.1) is 0 Å². The highest BCUT2D eigenvalue weighted by atomic mass is 16.7. The quantitative estimate of drug-likeness (QED) is 0.430. The van der Waals surface area contributed by atoms with Gasteiger partial charge in [0.1, 0.15) is 5.41 Å².